The Labute approximate surface area is 159 Å². The third kappa shape index (κ3) is 3.95. The van der Waals surface area contributed by atoms with E-state index in [1.807, 2.05) is 29.7 Å². The van der Waals surface area contributed by atoms with Crippen LogP contribution in [0.15, 0.2) is 53.5 Å². The number of para-hydroxylation sites is 1. The maximum absolute atomic E-state index is 12.3. The second kappa shape index (κ2) is 7.96. The monoisotopic (exact) mass is 383 g/mol. The van der Waals surface area contributed by atoms with Crippen LogP contribution in [0.5, 0.6) is 5.75 Å². The van der Waals surface area contributed by atoms with Gasteiger partial charge in [0.25, 0.3) is 11.6 Å². The minimum absolute atomic E-state index is 0.0260. The molecule has 138 valence electrons. The molecule has 2 aromatic carbocycles. The summed E-state index contributed by atoms with van der Waals surface area (Å²) in [6.07, 6.45) is 2.82. The molecular formula is C19H17N3O4S. The number of thiazole rings is 1. The molecule has 0 unspecified atom stereocenters. The zero-order chi connectivity index (χ0) is 19.4. The van der Waals surface area contributed by atoms with Crippen LogP contribution in [0.25, 0.3) is 16.3 Å². The van der Waals surface area contributed by atoms with Crippen LogP contribution < -0.4 is 9.54 Å². The molecule has 0 N–H and O–H groups in total. The first kappa shape index (κ1) is 18.5. The molecule has 0 saturated heterocycles. The van der Waals surface area contributed by atoms with Crippen molar-refractivity contribution in [2.75, 3.05) is 7.11 Å². The van der Waals surface area contributed by atoms with Crippen molar-refractivity contribution in [1.29, 1.82) is 0 Å². The average Bonchev–Trinajstić information content (AvgIpc) is 3.03. The molecule has 7 nitrogen and oxygen atoms in total. The van der Waals surface area contributed by atoms with E-state index < -0.39 is 10.8 Å². The van der Waals surface area contributed by atoms with E-state index in [-0.39, 0.29) is 5.69 Å². The number of nitrogens with zero attached hydrogens (tertiary/aromatic N) is 3. The Bertz CT molecular complexity index is 1110. The van der Waals surface area contributed by atoms with E-state index >= 15 is 0 Å². The highest BCUT2D eigenvalue weighted by molar-refractivity contribution is 7.16. The molecule has 3 rings (SSSR count). The van der Waals surface area contributed by atoms with Crippen LogP contribution in [-0.4, -0.2) is 22.5 Å². The van der Waals surface area contributed by atoms with Gasteiger partial charge in [-0.2, -0.15) is 4.99 Å². The van der Waals surface area contributed by atoms with E-state index in [2.05, 4.69) is 4.99 Å². The zero-order valence-electron chi connectivity index (χ0n) is 14.8. The van der Waals surface area contributed by atoms with Crippen LogP contribution in [0.3, 0.4) is 0 Å². The fourth-order valence-corrected chi connectivity index (χ4v) is 3.80. The first-order valence-corrected chi connectivity index (χ1v) is 9.02. The van der Waals surface area contributed by atoms with Gasteiger partial charge in [0, 0.05) is 24.8 Å². The lowest BCUT2D eigenvalue weighted by Crippen LogP contribution is -2.15. The predicted octanol–water partition coefficient (Wildman–Crippen LogP) is 3.78. The van der Waals surface area contributed by atoms with Crippen LogP contribution in [0.4, 0.5) is 5.69 Å². The quantitative estimate of drug-likeness (QED) is 0.381. The number of ether oxygens (including phenoxy) is 1. The molecule has 0 fully saturated rings. The third-order valence-electron chi connectivity index (χ3n) is 3.91. The first-order valence-electron chi connectivity index (χ1n) is 8.21. The summed E-state index contributed by atoms with van der Waals surface area (Å²) in [6, 6.07) is 11.8. The summed E-state index contributed by atoms with van der Waals surface area (Å²) in [6.45, 7) is 2.61. The average molecular weight is 383 g/mol. The minimum Gasteiger partial charge on any atom is -0.495 e. The van der Waals surface area contributed by atoms with E-state index in [9.17, 15) is 14.9 Å². The topological polar surface area (TPSA) is 86.7 Å². The summed E-state index contributed by atoms with van der Waals surface area (Å²) in [5, 5.41) is 10.8. The van der Waals surface area contributed by atoms with E-state index in [4.69, 9.17) is 4.74 Å². The number of rotatable bonds is 5. The van der Waals surface area contributed by atoms with Gasteiger partial charge in [-0.1, -0.05) is 29.5 Å². The van der Waals surface area contributed by atoms with E-state index in [1.165, 1.54) is 35.6 Å². The fourth-order valence-electron chi connectivity index (χ4n) is 2.68. The van der Waals surface area contributed by atoms with Crippen molar-refractivity contribution in [1.82, 2.24) is 4.57 Å². The number of benzene rings is 2. The van der Waals surface area contributed by atoms with E-state index in [1.54, 1.807) is 19.2 Å². The molecular weight excluding hydrogens is 366 g/mol. The van der Waals surface area contributed by atoms with Crippen LogP contribution in [0.1, 0.15) is 12.5 Å². The summed E-state index contributed by atoms with van der Waals surface area (Å²) >= 11 is 1.41. The number of fused-ring (bicyclic) bond motifs is 1. The molecule has 1 amide bonds. The highest BCUT2D eigenvalue weighted by atomic mass is 32.1. The number of hydrogen-bond donors (Lipinski definition) is 0. The largest absolute Gasteiger partial charge is 0.495 e. The van der Waals surface area contributed by atoms with Gasteiger partial charge in [-0.3, -0.25) is 14.9 Å². The summed E-state index contributed by atoms with van der Waals surface area (Å²) < 4.78 is 8.32. The van der Waals surface area contributed by atoms with Crippen molar-refractivity contribution in [2.24, 2.45) is 4.99 Å². The van der Waals surface area contributed by atoms with Crippen molar-refractivity contribution >= 4 is 39.2 Å². The number of hydrogen-bond acceptors (Lipinski definition) is 5. The third-order valence-corrected chi connectivity index (χ3v) is 4.95. The van der Waals surface area contributed by atoms with Gasteiger partial charge in [0.1, 0.15) is 11.3 Å². The highest BCUT2D eigenvalue weighted by Crippen LogP contribution is 2.27. The zero-order valence-corrected chi connectivity index (χ0v) is 15.6. The minimum atomic E-state index is -0.474. The fraction of sp³-hybridized carbons (Fsp3) is 0.158. The Kier molecular flexibility index (Phi) is 5.46. The standard InChI is InChI=1S/C19H17N3O4S/c1-3-21-18-15(26-2)8-5-9-16(18)27-19(21)20-17(23)11-10-13-6-4-7-14(12-13)22(24)25/h4-12H,3H2,1-2H3. The molecule has 3 aromatic rings. The maximum Gasteiger partial charge on any atom is 0.272 e. The molecule has 1 aromatic heterocycles. The lowest BCUT2D eigenvalue weighted by atomic mass is 10.2. The molecule has 0 radical (unpaired) electrons. The van der Waals surface area contributed by atoms with E-state index in [0.29, 0.717) is 16.9 Å². The molecule has 0 aliphatic heterocycles. The molecule has 0 spiro atoms. The Morgan fingerprint density at radius 2 is 2.11 bits per heavy atom. The molecule has 0 aliphatic rings. The Morgan fingerprint density at radius 3 is 2.81 bits per heavy atom. The van der Waals surface area contributed by atoms with Gasteiger partial charge in [0.2, 0.25) is 0 Å². The maximum atomic E-state index is 12.3. The van der Waals surface area contributed by atoms with Gasteiger partial charge >= 0.3 is 0 Å². The summed E-state index contributed by atoms with van der Waals surface area (Å²) in [7, 11) is 1.61. The van der Waals surface area contributed by atoms with Crippen molar-refractivity contribution in [3.8, 4) is 5.75 Å². The highest BCUT2D eigenvalue weighted by Gasteiger charge is 2.10. The molecule has 0 atom stereocenters. The number of carbonyl (C=O) groups excluding carboxylic acids is 1. The van der Waals surface area contributed by atoms with Gasteiger partial charge in [-0.25, -0.2) is 0 Å². The van der Waals surface area contributed by atoms with Gasteiger partial charge in [-0.05, 0) is 30.7 Å². The predicted molar refractivity (Wildman–Crippen MR) is 105 cm³/mol. The number of nitro benzene ring substituents is 1. The Morgan fingerprint density at radius 1 is 1.33 bits per heavy atom. The first-order chi connectivity index (χ1) is 13.0. The number of amides is 1. The molecule has 0 aliphatic carbocycles. The summed E-state index contributed by atoms with van der Waals surface area (Å²) in [5.41, 5.74) is 1.44. The number of aromatic nitrogens is 1. The summed E-state index contributed by atoms with van der Waals surface area (Å²) in [4.78, 5) is 27.4. The van der Waals surface area contributed by atoms with Crippen LogP contribution >= 0.6 is 11.3 Å². The van der Waals surface area contributed by atoms with Crippen molar-refractivity contribution in [3.05, 3.63) is 69.0 Å². The van der Waals surface area contributed by atoms with Gasteiger partial charge in [0.05, 0.1) is 16.7 Å². The Hall–Kier alpha value is -3.26. The SMILES string of the molecule is CCn1c(=NC(=O)C=Cc2cccc([N+](=O)[O-])c2)sc2cccc(OC)c21. The number of non-ortho nitro benzene ring substituents is 1. The second-order valence-corrected chi connectivity index (χ2v) is 6.58. The summed E-state index contributed by atoms with van der Waals surface area (Å²) in [5.74, 6) is 0.292. The normalized spacial score (nSPS) is 12.0. The molecule has 27 heavy (non-hydrogen) atoms. The second-order valence-electron chi connectivity index (χ2n) is 5.57. The van der Waals surface area contributed by atoms with Gasteiger partial charge < -0.3 is 9.30 Å². The lowest BCUT2D eigenvalue weighted by molar-refractivity contribution is -0.384. The lowest BCUT2D eigenvalue weighted by Gasteiger charge is -2.05. The van der Waals surface area contributed by atoms with E-state index in [0.717, 1.165) is 16.0 Å². The molecule has 1 heterocycles. The van der Waals surface area contributed by atoms with Crippen LogP contribution in [0.2, 0.25) is 0 Å². The number of carbonyl (C=O) groups is 1. The number of nitro groups is 1. The van der Waals surface area contributed by atoms with Crippen molar-refractivity contribution in [2.45, 2.75) is 13.5 Å². The van der Waals surface area contributed by atoms with Crippen molar-refractivity contribution < 1.29 is 14.5 Å². The van der Waals surface area contributed by atoms with Crippen LogP contribution in [-0.2, 0) is 11.3 Å². The van der Waals surface area contributed by atoms with Crippen LogP contribution in [0, 0.1) is 10.1 Å². The van der Waals surface area contributed by atoms with Gasteiger partial charge in [0.15, 0.2) is 4.80 Å². The molecule has 8 heteroatoms. The Balaban J connectivity index is 1.96. The van der Waals surface area contributed by atoms with Gasteiger partial charge in [-0.15, -0.1) is 0 Å². The molecule has 0 saturated carbocycles. The smallest absolute Gasteiger partial charge is 0.272 e. The number of aryl methyl sites for hydroxylation is 1. The molecule has 0 bridgehead atoms. The van der Waals surface area contributed by atoms with Crippen molar-refractivity contribution in [3.63, 3.8) is 0 Å². The number of methoxy groups -OCH3 is 1.